The highest BCUT2D eigenvalue weighted by Crippen LogP contribution is 2.34. The Labute approximate surface area is 221 Å². The lowest BCUT2D eigenvalue weighted by molar-refractivity contribution is 1.27. The van der Waals surface area contributed by atoms with Crippen LogP contribution >= 0.6 is 0 Å². The van der Waals surface area contributed by atoms with Gasteiger partial charge in [-0.3, -0.25) is 0 Å². The van der Waals surface area contributed by atoms with E-state index in [1.165, 1.54) is 11.1 Å². The molecule has 4 nitrogen and oxygen atoms in total. The number of nitrogens with one attached hydrogen (secondary N) is 2. The summed E-state index contributed by atoms with van der Waals surface area (Å²) in [4.78, 5) is 17.3. The molecule has 2 N–H and O–H groups in total. The van der Waals surface area contributed by atoms with Crippen molar-refractivity contribution in [3.05, 3.63) is 119 Å². The van der Waals surface area contributed by atoms with Gasteiger partial charge in [-0.25, -0.2) is 9.97 Å². The van der Waals surface area contributed by atoms with Crippen molar-refractivity contribution in [1.29, 1.82) is 0 Å². The van der Waals surface area contributed by atoms with Crippen LogP contribution in [-0.2, 0) is 0 Å². The predicted molar refractivity (Wildman–Crippen MR) is 159 cm³/mol. The minimum absolute atomic E-state index is 0.908. The number of nitrogens with zero attached hydrogens (tertiary/aromatic N) is 2. The Hall–Kier alpha value is -4.96. The van der Waals surface area contributed by atoms with Gasteiger partial charge >= 0.3 is 0 Å². The van der Waals surface area contributed by atoms with E-state index < -0.39 is 0 Å². The Morgan fingerprint density at radius 2 is 1.00 bits per heavy atom. The van der Waals surface area contributed by atoms with E-state index in [0.29, 0.717) is 0 Å². The highest BCUT2D eigenvalue weighted by atomic mass is 14.8. The zero-order chi connectivity index (χ0) is 25.6. The highest BCUT2D eigenvalue weighted by molar-refractivity contribution is 5.94. The zero-order valence-electron chi connectivity index (χ0n) is 21.3. The van der Waals surface area contributed by atoms with Gasteiger partial charge in [-0.05, 0) is 85.7 Å². The maximum absolute atomic E-state index is 5.22. The number of rotatable bonds is 2. The minimum Gasteiger partial charge on any atom is -0.355 e. The van der Waals surface area contributed by atoms with E-state index in [1.54, 1.807) is 0 Å². The van der Waals surface area contributed by atoms with Gasteiger partial charge in [-0.1, -0.05) is 59.7 Å². The van der Waals surface area contributed by atoms with Crippen LogP contribution in [0.4, 0.5) is 0 Å². The fraction of sp³-hybridized carbons (Fsp3) is 0.0588. The number of benzene rings is 2. The van der Waals surface area contributed by atoms with Crippen LogP contribution in [0.2, 0.25) is 0 Å². The number of hydrogen-bond acceptors (Lipinski definition) is 2. The fourth-order valence-corrected chi connectivity index (χ4v) is 5.11. The molecular weight excluding hydrogens is 464 g/mol. The van der Waals surface area contributed by atoms with Crippen molar-refractivity contribution in [3.8, 4) is 22.3 Å². The number of aromatic nitrogens is 4. The first kappa shape index (κ1) is 22.3. The third-order valence-electron chi connectivity index (χ3n) is 7.07. The lowest BCUT2D eigenvalue weighted by Gasteiger charge is -2.06. The van der Waals surface area contributed by atoms with Crippen LogP contribution in [-0.4, -0.2) is 19.9 Å². The van der Waals surface area contributed by atoms with Gasteiger partial charge in [0.15, 0.2) is 0 Å². The molecule has 0 saturated carbocycles. The summed E-state index contributed by atoms with van der Waals surface area (Å²) < 4.78 is 0. The molecule has 182 valence electrons. The molecule has 0 amide bonds. The number of fused-ring (bicyclic) bond motifs is 8. The van der Waals surface area contributed by atoms with E-state index in [-0.39, 0.29) is 0 Å². The largest absolute Gasteiger partial charge is 0.355 e. The first-order chi connectivity index (χ1) is 18.6. The average Bonchev–Trinajstić information content (AvgIpc) is 3.72. The molecule has 0 radical (unpaired) electrons. The molecule has 2 aliphatic rings. The Kier molecular flexibility index (Phi) is 5.19. The van der Waals surface area contributed by atoms with Gasteiger partial charge in [0, 0.05) is 33.2 Å². The average molecular weight is 491 g/mol. The van der Waals surface area contributed by atoms with E-state index in [1.807, 2.05) is 0 Å². The van der Waals surface area contributed by atoms with Crippen molar-refractivity contribution in [2.45, 2.75) is 13.8 Å². The molecule has 2 aliphatic heterocycles. The second-order valence-corrected chi connectivity index (χ2v) is 9.94. The molecule has 0 saturated heterocycles. The molecule has 0 aliphatic carbocycles. The minimum atomic E-state index is 0.908. The molecular formula is C34H26N4. The van der Waals surface area contributed by atoms with E-state index in [4.69, 9.17) is 9.97 Å². The third-order valence-corrected chi connectivity index (χ3v) is 7.07. The molecule has 5 aromatic rings. The molecule has 0 spiro atoms. The predicted octanol–water partition coefficient (Wildman–Crippen LogP) is 8.61. The number of aryl methyl sites for hydroxylation is 2. The van der Waals surface area contributed by atoms with Crippen LogP contribution < -0.4 is 0 Å². The van der Waals surface area contributed by atoms with E-state index in [0.717, 1.165) is 67.1 Å². The molecule has 8 bridgehead atoms. The van der Waals surface area contributed by atoms with E-state index in [9.17, 15) is 0 Å². The fourth-order valence-electron chi connectivity index (χ4n) is 5.11. The summed E-state index contributed by atoms with van der Waals surface area (Å²) in [5.41, 5.74) is 14.5. The Morgan fingerprint density at radius 1 is 0.474 bits per heavy atom. The van der Waals surface area contributed by atoms with Crippen LogP contribution in [0.1, 0.15) is 33.9 Å². The van der Waals surface area contributed by atoms with E-state index >= 15 is 0 Å². The lowest BCUT2D eigenvalue weighted by Crippen LogP contribution is -1.90. The summed E-state index contributed by atoms with van der Waals surface area (Å²) in [5.74, 6) is 0. The Morgan fingerprint density at radius 3 is 1.71 bits per heavy atom. The normalized spacial score (nSPS) is 12.3. The summed E-state index contributed by atoms with van der Waals surface area (Å²) in [5, 5.41) is 0. The van der Waals surface area contributed by atoms with Gasteiger partial charge in [0.25, 0.3) is 0 Å². The molecule has 0 unspecified atom stereocenters. The zero-order valence-corrected chi connectivity index (χ0v) is 21.3. The molecule has 5 heterocycles. The number of aromatic amines is 2. The quantitative estimate of drug-likeness (QED) is 0.255. The van der Waals surface area contributed by atoms with Crippen molar-refractivity contribution in [2.24, 2.45) is 0 Å². The van der Waals surface area contributed by atoms with Crippen LogP contribution in [0.25, 0.3) is 68.6 Å². The SMILES string of the molecule is Cc1ccc(-c2c3nc(cc4ccc(cc5ccc([nH]5)c(-c5ccc(C)cc5)c5nc2C=C5)[nH]4)C=C3)cc1. The van der Waals surface area contributed by atoms with Crippen LogP contribution in [0, 0.1) is 13.8 Å². The smallest absolute Gasteiger partial charge is 0.0738 e. The monoisotopic (exact) mass is 490 g/mol. The summed E-state index contributed by atoms with van der Waals surface area (Å²) in [6, 6.07) is 29.9. The van der Waals surface area contributed by atoms with Crippen molar-refractivity contribution < 1.29 is 0 Å². The summed E-state index contributed by atoms with van der Waals surface area (Å²) >= 11 is 0. The van der Waals surface area contributed by atoms with Gasteiger partial charge in [0.05, 0.1) is 22.8 Å². The summed E-state index contributed by atoms with van der Waals surface area (Å²) in [6.07, 6.45) is 8.39. The van der Waals surface area contributed by atoms with Crippen LogP contribution in [0.3, 0.4) is 0 Å². The van der Waals surface area contributed by atoms with Crippen molar-refractivity contribution in [1.82, 2.24) is 19.9 Å². The van der Waals surface area contributed by atoms with Gasteiger partial charge in [0.2, 0.25) is 0 Å². The highest BCUT2D eigenvalue weighted by Gasteiger charge is 2.16. The Balaban J connectivity index is 1.62. The lowest BCUT2D eigenvalue weighted by atomic mass is 10.0. The number of hydrogen-bond donors (Lipinski definition) is 2. The molecule has 7 rings (SSSR count). The number of H-pyrrole nitrogens is 2. The second kappa shape index (κ2) is 8.86. The maximum atomic E-state index is 5.22. The first-order valence-electron chi connectivity index (χ1n) is 12.8. The van der Waals surface area contributed by atoms with Gasteiger partial charge in [-0.2, -0.15) is 0 Å². The standard InChI is InChI=1S/C34H26N4/c1-21-3-7-23(8-4-21)33-29-15-13-27(36-29)19-25-11-12-26(35-25)20-28-14-16-30(37-28)34(32-18-17-31(33)38-32)24-9-5-22(2)6-10-24/h3-20,35-36H,1-2H3. The van der Waals surface area contributed by atoms with E-state index in [2.05, 4.69) is 133 Å². The molecule has 0 fully saturated rings. The van der Waals surface area contributed by atoms with Crippen molar-refractivity contribution in [2.75, 3.05) is 0 Å². The summed E-state index contributed by atoms with van der Waals surface area (Å²) in [6.45, 7) is 4.22. The van der Waals surface area contributed by atoms with Crippen LogP contribution in [0.5, 0.6) is 0 Å². The Bertz CT molecular complexity index is 1910. The molecule has 4 heteroatoms. The molecule has 0 atom stereocenters. The topological polar surface area (TPSA) is 57.4 Å². The maximum Gasteiger partial charge on any atom is 0.0738 e. The first-order valence-corrected chi connectivity index (χ1v) is 12.8. The molecule has 2 aromatic carbocycles. The third kappa shape index (κ3) is 4.06. The summed E-state index contributed by atoms with van der Waals surface area (Å²) in [7, 11) is 0. The van der Waals surface area contributed by atoms with Crippen molar-refractivity contribution in [3.63, 3.8) is 0 Å². The van der Waals surface area contributed by atoms with Gasteiger partial charge < -0.3 is 9.97 Å². The molecule has 38 heavy (non-hydrogen) atoms. The van der Waals surface area contributed by atoms with Gasteiger partial charge in [-0.15, -0.1) is 0 Å². The van der Waals surface area contributed by atoms with Crippen molar-refractivity contribution >= 4 is 46.4 Å². The molecule has 3 aromatic heterocycles. The van der Waals surface area contributed by atoms with Gasteiger partial charge in [0.1, 0.15) is 0 Å². The second-order valence-electron chi connectivity index (χ2n) is 9.94. The van der Waals surface area contributed by atoms with Crippen LogP contribution in [0.15, 0.2) is 84.9 Å².